The van der Waals surface area contributed by atoms with E-state index >= 15 is 0 Å². The van der Waals surface area contributed by atoms with Crippen LogP contribution in [0.4, 0.5) is 0 Å². The number of nitrogens with zero attached hydrogens (tertiary/aromatic N) is 7. The van der Waals surface area contributed by atoms with Crippen LogP contribution in [0.25, 0.3) is 0 Å². The summed E-state index contributed by atoms with van der Waals surface area (Å²) in [6, 6.07) is 8.26. The number of unbranched alkanes of at least 4 members (excludes halogenated alkanes) is 2. The zero-order chi connectivity index (χ0) is 51.9. The number of aliphatic carboxylic acids is 1. The van der Waals surface area contributed by atoms with Gasteiger partial charge in [-0.2, -0.15) is 0 Å². The second kappa shape index (κ2) is 35.3. The maximum atomic E-state index is 13.8. The summed E-state index contributed by atoms with van der Waals surface area (Å²) < 4.78 is 16.4. The number of amides is 5. The monoisotopic (exact) mass is 1140 g/mol. The number of nitrogens with one attached hydrogen (secondary N) is 2. The van der Waals surface area contributed by atoms with E-state index in [2.05, 4.69) is 62.4 Å². The number of aryl methyl sites for hydroxylation is 1. The van der Waals surface area contributed by atoms with E-state index in [1.807, 2.05) is 19.6 Å². The molecule has 0 radical (unpaired) electrons. The Bertz CT molecular complexity index is 1830. The number of ether oxygens (including phenoxy) is 3. The van der Waals surface area contributed by atoms with Crippen molar-refractivity contribution in [3.05, 3.63) is 33.4 Å². The topological polar surface area (TPSA) is 231 Å². The first-order valence-corrected chi connectivity index (χ1v) is 27.4. The van der Waals surface area contributed by atoms with Gasteiger partial charge in [0, 0.05) is 140 Å². The molecule has 0 spiro atoms. The van der Waals surface area contributed by atoms with Gasteiger partial charge in [0.2, 0.25) is 29.5 Å². The molecule has 1 aromatic rings. The summed E-state index contributed by atoms with van der Waals surface area (Å²) in [5.74, 6) is -1.82. The molecular weight excluding hydrogens is 1070 g/mol. The third-order valence-electron chi connectivity index (χ3n) is 13.0. The Morgan fingerprint density at radius 2 is 1.33 bits per heavy atom. The number of carboxylic acids is 1. The van der Waals surface area contributed by atoms with Crippen LogP contribution in [0.2, 0.25) is 0 Å². The smallest absolute Gasteiger partial charge is 0.317 e. The van der Waals surface area contributed by atoms with Crippen LogP contribution < -0.4 is 10.6 Å². The summed E-state index contributed by atoms with van der Waals surface area (Å²) in [6.45, 7) is 9.21. The van der Waals surface area contributed by atoms with E-state index in [1.54, 1.807) is 12.0 Å². The van der Waals surface area contributed by atoms with E-state index in [0.29, 0.717) is 117 Å². The number of carboxylic acid groups (broad SMARTS) is 1. The van der Waals surface area contributed by atoms with Gasteiger partial charge in [-0.25, -0.2) is 0 Å². The van der Waals surface area contributed by atoms with Crippen molar-refractivity contribution in [2.45, 2.75) is 81.1 Å². The molecule has 3 aliphatic heterocycles. The third-order valence-corrected chi connectivity index (χ3v) is 15.2. The number of hydrogen-bond donors (Lipinski definition) is 3. The van der Waals surface area contributed by atoms with Crippen LogP contribution in [0, 0.1) is 3.57 Å². The lowest BCUT2D eigenvalue weighted by Crippen LogP contribution is -2.49. The molecule has 3 aliphatic rings. The second-order valence-corrected chi connectivity index (χ2v) is 21.2. The summed E-state index contributed by atoms with van der Waals surface area (Å²) in [5, 5.41) is 14.9. The molecule has 1 aromatic carbocycles. The largest absolute Gasteiger partial charge is 0.480 e. The van der Waals surface area contributed by atoms with Crippen molar-refractivity contribution in [1.29, 1.82) is 0 Å². The summed E-state index contributed by atoms with van der Waals surface area (Å²) in [6.07, 6.45) is 6.66. The minimum absolute atomic E-state index is 0.00645. The minimum atomic E-state index is -0.996. The standard InChI is InChI=1S/C49H78IN9O12S/c1-69-31-5-4-17-53-27-29-58(30-28-53)46(64)11-7-18-59-47(65)32-43(49(59)68)72-42(9-2-3-16-51-44(62)10-6-8-40-12-14-41(50)15-13-40)33-52-45(63)34-54-19-20-55(35-48(66)67)22-24-57(37-71-39-61)26-25-56(23-21-54)36-70-38-60/h12-15,38-39,42-43H,2-11,16-37H2,1H3,(H,51,62)(H,52,63)(H,66,67). The molecule has 404 valence electrons. The van der Waals surface area contributed by atoms with Gasteiger partial charge in [0.1, 0.15) is 13.5 Å². The van der Waals surface area contributed by atoms with Gasteiger partial charge >= 0.3 is 5.97 Å². The van der Waals surface area contributed by atoms with Gasteiger partial charge in [-0.3, -0.25) is 67.8 Å². The maximum absolute atomic E-state index is 13.8. The maximum Gasteiger partial charge on any atom is 0.317 e. The molecular formula is C49H78IN9O12S. The molecule has 0 aromatic heterocycles. The molecule has 3 fully saturated rings. The number of methoxy groups -OCH3 is 1. The van der Waals surface area contributed by atoms with Gasteiger partial charge in [0.25, 0.3) is 12.9 Å². The van der Waals surface area contributed by atoms with Gasteiger partial charge < -0.3 is 34.9 Å². The molecule has 23 heteroatoms. The number of piperazine rings is 1. The number of carbonyl (C=O) groups is 8. The van der Waals surface area contributed by atoms with Crippen molar-refractivity contribution in [3.63, 3.8) is 0 Å². The summed E-state index contributed by atoms with van der Waals surface area (Å²) in [4.78, 5) is 113. The first-order valence-electron chi connectivity index (χ1n) is 25.4. The van der Waals surface area contributed by atoms with E-state index < -0.39 is 11.2 Å². The molecule has 0 bridgehead atoms. The Labute approximate surface area is 442 Å². The highest BCUT2D eigenvalue weighted by atomic mass is 127. The summed E-state index contributed by atoms with van der Waals surface area (Å²) in [7, 11) is 1.70. The van der Waals surface area contributed by atoms with Gasteiger partial charge in [0.05, 0.1) is 18.3 Å². The predicted octanol–water partition coefficient (Wildman–Crippen LogP) is 1.16. The Kier molecular flexibility index (Phi) is 29.7. The van der Waals surface area contributed by atoms with Gasteiger partial charge in [-0.1, -0.05) is 18.6 Å². The van der Waals surface area contributed by atoms with E-state index in [9.17, 15) is 43.5 Å². The van der Waals surface area contributed by atoms with Crippen LogP contribution in [-0.2, 0) is 59.0 Å². The predicted molar refractivity (Wildman–Crippen MR) is 280 cm³/mol. The van der Waals surface area contributed by atoms with E-state index in [1.165, 1.54) is 22.2 Å². The fraction of sp³-hybridized carbons (Fsp3) is 0.714. The number of likely N-dealkylation sites (tertiary alicyclic amines) is 1. The van der Waals surface area contributed by atoms with Crippen molar-refractivity contribution >= 4 is 82.8 Å². The van der Waals surface area contributed by atoms with E-state index in [-0.39, 0.29) is 87.3 Å². The number of imide groups is 1. The van der Waals surface area contributed by atoms with Crippen molar-refractivity contribution in [2.24, 2.45) is 0 Å². The molecule has 0 saturated carbocycles. The van der Waals surface area contributed by atoms with Crippen molar-refractivity contribution in [2.75, 3.05) is 145 Å². The van der Waals surface area contributed by atoms with Crippen LogP contribution in [0.15, 0.2) is 24.3 Å². The summed E-state index contributed by atoms with van der Waals surface area (Å²) >= 11 is 3.64. The average molecular weight is 1140 g/mol. The van der Waals surface area contributed by atoms with Crippen LogP contribution in [0.5, 0.6) is 0 Å². The molecule has 5 amide bonds. The first kappa shape index (κ1) is 60.6. The second-order valence-electron chi connectivity index (χ2n) is 18.5. The minimum Gasteiger partial charge on any atom is -0.480 e. The van der Waals surface area contributed by atoms with Gasteiger partial charge in [0.15, 0.2) is 0 Å². The van der Waals surface area contributed by atoms with Crippen LogP contribution in [0.3, 0.4) is 0 Å². The first-order chi connectivity index (χ1) is 34.9. The van der Waals surface area contributed by atoms with E-state index in [0.717, 1.165) is 55.5 Å². The zero-order valence-electron chi connectivity index (χ0n) is 42.1. The molecule has 3 heterocycles. The Morgan fingerprint density at radius 3 is 1.94 bits per heavy atom. The molecule has 2 unspecified atom stereocenters. The van der Waals surface area contributed by atoms with Crippen LogP contribution >= 0.6 is 34.4 Å². The quantitative estimate of drug-likeness (QED) is 0.0398. The molecule has 21 nitrogen and oxygen atoms in total. The Hall–Kier alpha value is -3.98. The van der Waals surface area contributed by atoms with Gasteiger partial charge in [-0.05, 0) is 91.8 Å². The molecule has 3 N–H and O–H groups in total. The number of halogens is 1. The highest BCUT2D eigenvalue weighted by Crippen LogP contribution is 2.31. The van der Waals surface area contributed by atoms with Crippen molar-refractivity contribution in [1.82, 2.24) is 44.9 Å². The normalized spacial score (nSPS) is 18.8. The number of hydrogen-bond acceptors (Lipinski definition) is 17. The molecule has 4 rings (SSSR count). The molecule has 3 saturated heterocycles. The number of thioether (sulfide) groups is 1. The van der Waals surface area contributed by atoms with Crippen LogP contribution in [-0.4, -0.2) is 243 Å². The number of rotatable bonds is 32. The SMILES string of the molecule is COCCCCN1CCN(C(=O)CCCN2C(=O)CC(SC(CCCCNC(=O)CCCc3ccc(I)cc3)CNC(=O)CN3CCN(COC=O)CCN(COC=O)CCN(CC(=O)O)CC3)C2=O)CC1. The molecule has 0 aliphatic carbocycles. The Balaban J connectivity index is 1.32. The van der Waals surface area contributed by atoms with E-state index in [4.69, 9.17) is 14.2 Å². The molecule has 2 atom stereocenters. The summed E-state index contributed by atoms with van der Waals surface area (Å²) in [5.41, 5.74) is 1.19. The molecule has 72 heavy (non-hydrogen) atoms. The van der Waals surface area contributed by atoms with Gasteiger partial charge in [-0.15, -0.1) is 11.8 Å². The Morgan fingerprint density at radius 1 is 0.722 bits per heavy atom. The van der Waals surface area contributed by atoms with Crippen LogP contribution in [0.1, 0.15) is 69.8 Å². The number of benzene rings is 1. The third kappa shape index (κ3) is 24.4. The lowest BCUT2D eigenvalue weighted by Gasteiger charge is -2.35. The number of carbonyl (C=O) groups excluding carboxylic acids is 7. The van der Waals surface area contributed by atoms with Crippen molar-refractivity contribution < 1.29 is 57.7 Å². The fourth-order valence-electron chi connectivity index (χ4n) is 8.81. The van der Waals surface area contributed by atoms with Crippen molar-refractivity contribution in [3.8, 4) is 0 Å². The lowest BCUT2D eigenvalue weighted by molar-refractivity contribution is -0.140. The zero-order valence-corrected chi connectivity index (χ0v) is 45.1. The fourth-order valence-corrected chi connectivity index (χ4v) is 10.6. The average Bonchev–Trinajstić information content (AvgIpc) is 3.63. The lowest BCUT2D eigenvalue weighted by atomic mass is 10.1. The highest BCUT2D eigenvalue weighted by molar-refractivity contribution is 14.1. The highest BCUT2D eigenvalue weighted by Gasteiger charge is 2.40.